The second-order valence-electron chi connectivity index (χ2n) is 5.38. The summed E-state index contributed by atoms with van der Waals surface area (Å²) in [4.78, 5) is 19.4. The fourth-order valence-electron chi connectivity index (χ4n) is 2.38. The molecule has 0 bridgehead atoms. The number of sulfonamides is 1. The molecular formula is C16H20N4O5S. The number of carbonyl (C=O) groups is 1. The molecule has 0 aliphatic carbocycles. The molecule has 0 saturated heterocycles. The molecular weight excluding hydrogens is 360 g/mol. The predicted octanol–water partition coefficient (Wildman–Crippen LogP) is 0.624. The summed E-state index contributed by atoms with van der Waals surface area (Å²) in [6.45, 7) is 0.0769. The topological polar surface area (TPSA) is 121 Å². The van der Waals surface area contributed by atoms with Crippen LogP contribution in [-0.4, -0.2) is 69.7 Å². The minimum Gasteiger partial charge on any atom is -0.478 e. The molecule has 1 aromatic carbocycles. The molecule has 1 aliphatic heterocycles. The number of nitrogens with zero attached hydrogens (tertiary/aromatic N) is 3. The first-order valence-electron chi connectivity index (χ1n) is 7.60. The third-order valence-electron chi connectivity index (χ3n) is 3.66. The maximum atomic E-state index is 12.7. The van der Waals surface area contributed by atoms with Crippen molar-refractivity contribution < 1.29 is 23.1 Å². The van der Waals surface area contributed by atoms with Crippen LogP contribution in [0, 0.1) is 0 Å². The summed E-state index contributed by atoms with van der Waals surface area (Å²) in [6.07, 6.45) is 2.42. The largest absolute Gasteiger partial charge is 0.478 e. The quantitative estimate of drug-likeness (QED) is 0.529. The van der Waals surface area contributed by atoms with E-state index in [9.17, 15) is 13.2 Å². The number of aliphatic carboxylic acids is 1. The number of amidine groups is 1. The molecule has 0 amide bonds. The van der Waals surface area contributed by atoms with Crippen LogP contribution in [0.3, 0.4) is 0 Å². The van der Waals surface area contributed by atoms with Crippen molar-refractivity contribution in [2.24, 2.45) is 9.98 Å². The van der Waals surface area contributed by atoms with Crippen LogP contribution < -0.4 is 5.32 Å². The van der Waals surface area contributed by atoms with Crippen LogP contribution >= 0.6 is 0 Å². The molecule has 10 heteroatoms. The molecule has 1 aliphatic rings. The number of fused-ring (bicyclic) bond motifs is 1. The highest BCUT2D eigenvalue weighted by Gasteiger charge is 2.34. The second kappa shape index (κ2) is 8.11. The number of carboxylic acids is 1. The van der Waals surface area contributed by atoms with Crippen LogP contribution in [0.1, 0.15) is 0 Å². The van der Waals surface area contributed by atoms with Crippen molar-refractivity contribution in [3.05, 3.63) is 36.0 Å². The lowest BCUT2D eigenvalue weighted by molar-refractivity contribution is -0.132. The van der Waals surface area contributed by atoms with Gasteiger partial charge in [0.1, 0.15) is 16.8 Å². The van der Waals surface area contributed by atoms with Gasteiger partial charge in [-0.1, -0.05) is 12.1 Å². The molecule has 2 rings (SSSR count). The third-order valence-corrected chi connectivity index (χ3v) is 5.47. The van der Waals surface area contributed by atoms with E-state index in [1.807, 2.05) is 0 Å². The number of methoxy groups -OCH3 is 1. The van der Waals surface area contributed by atoms with Crippen molar-refractivity contribution in [2.45, 2.75) is 10.9 Å². The van der Waals surface area contributed by atoms with E-state index in [4.69, 9.17) is 9.84 Å². The molecule has 1 heterocycles. The molecule has 0 saturated carbocycles. The van der Waals surface area contributed by atoms with E-state index < -0.39 is 22.0 Å². The highest BCUT2D eigenvalue weighted by atomic mass is 32.2. The average molecular weight is 380 g/mol. The molecule has 2 N–H and O–H groups in total. The third kappa shape index (κ3) is 3.92. The number of nitrogens with one attached hydrogen (secondary N) is 1. The lowest BCUT2D eigenvalue weighted by Crippen LogP contribution is -2.49. The number of para-hydroxylation sites is 1. The van der Waals surface area contributed by atoms with Gasteiger partial charge in [0.25, 0.3) is 10.0 Å². The Balaban J connectivity index is 2.45. The Morgan fingerprint density at radius 3 is 2.77 bits per heavy atom. The zero-order valence-electron chi connectivity index (χ0n) is 14.6. The van der Waals surface area contributed by atoms with Crippen LogP contribution in [0.25, 0.3) is 0 Å². The Morgan fingerprint density at radius 1 is 1.46 bits per heavy atom. The number of hydrogen-bond donors (Lipinski definition) is 2. The van der Waals surface area contributed by atoms with Gasteiger partial charge in [0.2, 0.25) is 0 Å². The maximum Gasteiger partial charge on any atom is 0.338 e. The van der Waals surface area contributed by atoms with E-state index in [2.05, 4.69) is 15.3 Å². The van der Waals surface area contributed by atoms with Crippen molar-refractivity contribution in [1.82, 2.24) is 9.62 Å². The minimum absolute atomic E-state index is 0.0769. The Hall–Kier alpha value is -2.72. The van der Waals surface area contributed by atoms with Gasteiger partial charge in [-0.15, -0.1) is 0 Å². The molecule has 26 heavy (non-hydrogen) atoms. The van der Waals surface area contributed by atoms with Crippen LogP contribution in [0.2, 0.25) is 0 Å². The Labute approximate surface area is 151 Å². The van der Waals surface area contributed by atoms with Crippen molar-refractivity contribution in [3.63, 3.8) is 0 Å². The summed E-state index contributed by atoms with van der Waals surface area (Å²) < 4.78 is 31.6. The molecule has 1 atom stereocenters. The second-order valence-corrected chi connectivity index (χ2v) is 7.31. The fraction of sp³-hybridized carbons (Fsp3) is 0.312. The van der Waals surface area contributed by atoms with Gasteiger partial charge in [0.05, 0.1) is 17.9 Å². The average Bonchev–Trinajstić information content (AvgIpc) is 2.60. The van der Waals surface area contributed by atoms with Crippen LogP contribution in [0.5, 0.6) is 0 Å². The number of benzene rings is 1. The molecule has 0 spiro atoms. The van der Waals surface area contributed by atoms with Gasteiger partial charge >= 0.3 is 5.97 Å². The number of likely N-dealkylation sites (N-methyl/N-ethyl adjacent to an activating group) is 1. The molecule has 140 valence electrons. The SMILES string of the molecule is C/N=C\C(=C/NC(COC)C1=Nc2ccccc2S(=O)(=O)N1C)C(=O)O. The smallest absolute Gasteiger partial charge is 0.338 e. The van der Waals surface area contributed by atoms with E-state index in [-0.39, 0.29) is 22.9 Å². The van der Waals surface area contributed by atoms with Gasteiger partial charge in [-0.3, -0.25) is 9.30 Å². The van der Waals surface area contributed by atoms with Crippen LogP contribution in [-0.2, 0) is 19.6 Å². The standard InChI is InChI=1S/C16H20N4O5S/c1-17-8-11(16(21)22)9-18-13(10-25-3)15-19-12-6-4-5-7-14(12)26(23,24)20(15)2/h4-9,13,18H,10H2,1-3H3,(H,21,22)/b11-9+,17-8-. The maximum absolute atomic E-state index is 12.7. The molecule has 1 aromatic rings. The van der Waals surface area contributed by atoms with Gasteiger partial charge in [-0.2, -0.15) is 0 Å². The number of carboxylic acid groups (broad SMARTS) is 1. The van der Waals surface area contributed by atoms with E-state index in [0.717, 1.165) is 4.31 Å². The molecule has 1 unspecified atom stereocenters. The number of rotatable bonds is 7. The zero-order valence-corrected chi connectivity index (χ0v) is 15.4. The number of aliphatic imine (C=N–C) groups is 2. The van der Waals surface area contributed by atoms with Crippen LogP contribution in [0.15, 0.2) is 50.9 Å². The van der Waals surface area contributed by atoms with E-state index >= 15 is 0 Å². The summed E-state index contributed by atoms with van der Waals surface area (Å²) >= 11 is 0. The monoisotopic (exact) mass is 380 g/mol. The highest BCUT2D eigenvalue weighted by Crippen LogP contribution is 2.31. The van der Waals surface area contributed by atoms with E-state index in [0.29, 0.717) is 5.69 Å². The van der Waals surface area contributed by atoms with E-state index in [1.165, 1.54) is 39.7 Å². The predicted molar refractivity (Wildman–Crippen MR) is 97.4 cm³/mol. The Kier molecular flexibility index (Phi) is 6.11. The van der Waals surface area contributed by atoms with Gasteiger partial charge in [-0.05, 0) is 12.1 Å². The van der Waals surface area contributed by atoms with Crippen LogP contribution in [0.4, 0.5) is 5.69 Å². The Bertz CT molecular complexity index is 876. The van der Waals surface area contributed by atoms with Crippen molar-refractivity contribution in [2.75, 3.05) is 27.8 Å². The zero-order chi connectivity index (χ0) is 19.3. The first-order valence-corrected chi connectivity index (χ1v) is 9.04. The lowest BCUT2D eigenvalue weighted by Gasteiger charge is -2.31. The summed E-state index contributed by atoms with van der Waals surface area (Å²) in [5, 5.41) is 12.0. The summed E-state index contributed by atoms with van der Waals surface area (Å²) in [5.74, 6) is -0.976. The normalized spacial score (nSPS) is 17.6. The molecule has 9 nitrogen and oxygen atoms in total. The van der Waals surface area contributed by atoms with Gasteiger partial charge in [0, 0.05) is 33.6 Å². The van der Waals surface area contributed by atoms with Gasteiger partial charge < -0.3 is 15.2 Å². The Morgan fingerprint density at radius 2 is 2.15 bits per heavy atom. The van der Waals surface area contributed by atoms with Crippen molar-refractivity contribution in [3.8, 4) is 0 Å². The van der Waals surface area contributed by atoms with Crippen molar-refractivity contribution >= 4 is 33.7 Å². The number of ether oxygens (including phenoxy) is 1. The summed E-state index contributed by atoms with van der Waals surface area (Å²) in [5.41, 5.74) is 0.233. The molecule has 0 radical (unpaired) electrons. The van der Waals surface area contributed by atoms with Gasteiger partial charge in [0.15, 0.2) is 0 Å². The van der Waals surface area contributed by atoms with Gasteiger partial charge in [-0.25, -0.2) is 18.2 Å². The molecule has 0 aromatic heterocycles. The first kappa shape index (κ1) is 19.6. The fourth-order valence-corrected chi connectivity index (χ4v) is 3.71. The molecule has 0 fully saturated rings. The van der Waals surface area contributed by atoms with Crippen molar-refractivity contribution in [1.29, 1.82) is 0 Å². The lowest BCUT2D eigenvalue weighted by atomic mass is 10.2. The van der Waals surface area contributed by atoms with E-state index in [1.54, 1.807) is 18.2 Å². The minimum atomic E-state index is -3.75. The summed E-state index contributed by atoms with van der Waals surface area (Å²) in [7, 11) is 0.542. The highest BCUT2D eigenvalue weighted by molar-refractivity contribution is 7.90. The first-order chi connectivity index (χ1) is 12.3. The summed E-state index contributed by atoms with van der Waals surface area (Å²) in [6, 6.07) is 5.72. The number of hydrogen-bond acceptors (Lipinski definition) is 7.